The van der Waals surface area contributed by atoms with E-state index in [4.69, 9.17) is 25.5 Å². The number of benzene rings is 2. The zero-order valence-corrected chi connectivity index (χ0v) is 14.1. The summed E-state index contributed by atoms with van der Waals surface area (Å²) < 4.78 is 16.8. The van der Waals surface area contributed by atoms with Gasteiger partial charge in [-0.2, -0.15) is 0 Å². The highest BCUT2D eigenvalue weighted by molar-refractivity contribution is 6.30. The highest BCUT2D eigenvalue weighted by atomic mass is 35.5. The maximum Gasteiger partial charge on any atom is 0.226 e. The number of hydrogen-bond acceptors (Lipinski definition) is 4. The minimum atomic E-state index is 0.581. The van der Waals surface area contributed by atoms with Gasteiger partial charge in [0.25, 0.3) is 0 Å². The molecule has 0 spiro atoms. The molecule has 0 saturated heterocycles. The van der Waals surface area contributed by atoms with Crippen LogP contribution in [0, 0.1) is 0 Å². The highest BCUT2D eigenvalue weighted by Crippen LogP contribution is 2.26. The molecule has 0 unspecified atom stereocenters. The van der Waals surface area contributed by atoms with Crippen molar-refractivity contribution >= 4 is 11.6 Å². The van der Waals surface area contributed by atoms with Crippen LogP contribution in [0.1, 0.15) is 12.2 Å². The maximum absolute atomic E-state index is 5.89. The molecular formula is C19H18ClNO3. The van der Waals surface area contributed by atoms with E-state index in [0.29, 0.717) is 17.5 Å². The number of hydrogen-bond donors (Lipinski definition) is 0. The summed E-state index contributed by atoms with van der Waals surface area (Å²) in [6, 6.07) is 15.0. The van der Waals surface area contributed by atoms with Crippen LogP contribution in [0.3, 0.4) is 0 Å². The lowest BCUT2D eigenvalue weighted by molar-refractivity contribution is 0.286. The first-order chi connectivity index (χ1) is 11.8. The fraction of sp³-hybridized carbons (Fsp3) is 0.211. The van der Waals surface area contributed by atoms with Gasteiger partial charge in [-0.1, -0.05) is 23.7 Å². The van der Waals surface area contributed by atoms with E-state index in [0.717, 1.165) is 35.7 Å². The van der Waals surface area contributed by atoms with Crippen LogP contribution in [0.25, 0.3) is 11.5 Å². The number of oxazole rings is 1. The van der Waals surface area contributed by atoms with Crippen LogP contribution in [-0.4, -0.2) is 18.7 Å². The molecule has 0 bridgehead atoms. The summed E-state index contributed by atoms with van der Waals surface area (Å²) in [5, 5.41) is 0.694. The van der Waals surface area contributed by atoms with Gasteiger partial charge in [-0.15, -0.1) is 0 Å². The average Bonchev–Trinajstić information content (AvgIpc) is 3.08. The Morgan fingerprint density at radius 2 is 1.79 bits per heavy atom. The average molecular weight is 344 g/mol. The zero-order chi connectivity index (χ0) is 16.8. The minimum Gasteiger partial charge on any atom is -0.493 e. The molecule has 4 nitrogen and oxygen atoms in total. The molecular weight excluding hydrogens is 326 g/mol. The lowest BCUT2D eigenvalue weighted by atomic mass is 10.2. The van der Waals surface area contributed by atoms with Gasteiger partial charge in [0.1, 0.15) is 5.76 Å². The molecule has 0 aliphatic heterocycles. The first-order valence-electron chi connectivity index (χ1n) is 7.73. The number of nitrogens with zero attached hydrogens (tertiary/aromatic N) is 1. The monoisotopic (exact) mass is 343 g/mol. The maximum atomic E-state index is 5.89. The van der Waals surface area contributed by atoms with Gasteiger partial charge in [-0.25, -0.2) is 4.98 Å². The summed E-state index contributed by atoms with van der Waals surface area (Å²) in [5.41, 5.74) is 0.913. The van der Waals surface area contributed by atoms with Gasteiger partial charge in [0, 0.05) is 17.0 Å². The summed E-state index contributed by atoms with van der Waals surface area (Å²) in [5.74, 6) is 2.93. The van der Waals surface area contributed by atoms with Crippen molar-refractivity contribution in [1.82, 2.24) is 4.98 Å². The van der Waals surface area contributed by atoms with E-state index in [1.165, 1.54) is 0 Å². The Hall–Kier alpha value is -2.46. The number of methoxy groups -OCH3 is 1. The third-order valence-electron chi connectivity index (χ3n) is 3.54. The van der Waals surface area contributed by atoms with E-state index in [1.807, 2.05) is 48.5 Å². The van der Waals surface area contributed by atoms with Gasteiger partial charge < -0.3 is 13.9 Å². The summed E-state index contributed by atoms with van der Waals surface area (Å²) in [6.07, 6.45) is 3.34. The minimum absolute atomic E-state index is 0.581. The Morgan fingerprint density at radius 3 is 2.54 bits per heavy atom. The number of aromatic nitrogens is 1. The van der Waals surface area contributed by atoms with Crippen LogP contribution >= 0.6 is 11.6 Å². The fourth-order valence-electron chi connectivity index (χ4n) is 2.32. The van der Waals surface area contributed by atoms with Crippen molar-refractivity contribution < 1.29 is 13.9 Å². The molecule has 3 aromatic rings. The second-order valence-electron chi connectivity index (χ2n) is 5.24. The molecule has 2 aromatic carbocycles. The van der Waals surface area contributed by atoms with Crippen molar-refractivity contribution in [3.8, 4) is 23.0 Å². The smallest absolute Gasteiger partial charge is 0.226 e. The van der Waals surface area contributed by atoms with Crippen molar-refractivity contribution in [2.75, 3.05) is 13.7 Å². The standard InChI is InChI=1S/C19H18ClNO3/c1-22-17-6-2-3-7-18(17)23-12-4-5-16-13-21-19(24-16)14-8-10-15(20)11-9-14/h2-3,6-11,13H,4-5,12H2,1H3. The van der Waals surface area contributed by atoms with Gasteiger partial charge in [0.05, 0.1) is 19.9 Å². The summed E-state index contributed by atoms with van der Waals surface area (Å²) in [4.78, 5) is 4.31. The molecule has 1 heterocycles. The molecule has 0 atom stereocenters. The Labute approximate surface area is 146 Å². The zero-order valence-electron chi connectivity index (χ0n) is 13.4. The van der Waals surface area contributed by atoms with Gasteiger partial charge in [-0.05, 0) is 42.8 Å². The number of ether oxygens (including phenoxy) is 2. The van der Waals surface area contributed by atoms with Crippen LogP contribution in [0.5, 0.6) is 11.5 Å². The highest BCUT2D eigenvalue weighted by Gasteiger charge is 2.07. The van der Waals surface area contributed by atoms with Gasteiger partial charge in [0.2, 0.25) is 5.89 Å². The molecule has 0 saturated carbocycles. The largest absolute Gasteiger partial charge is 0.493 e. The van der Waals surface area contributed by atoms with Gasteiger partial charge >= 0.3 is 0 Å². The van der Waals surface area contributed by atoms with Crippen LogP contribution < -0.4 is 9.47 Å². The molecule has 0 aliphatic rings. The predicted molar refractivity (Wildman–Crippen MR) is 93.8 cm³/mol. The molecule has 0 N–H and O–H groups in total. The molecule has 0 amide bonds. The van der Waals surface area contributed by atoms with E-state index < -0.39 is 0 Å². The van der Waals surface area contributed by atoms with Crippen molar-refractivity contribution in [3.63, 3.8) is 0 Å². The summed E-state index contributed by atoms with van der Waals surface area (Å²) in [7, 11) is 1.63. The predicted octanol–water partition coefficient (Wildman–Crippen LogP) is 5.02. The topological polar surface area (TPSA) is 44.5 Å². The molecule has 24 heavy (non-hydrogen) atoms. The van der Waals surface area contributed by atoms with Crippen LogP contribution in [0.4, 0.5) is 0 Å². The molecule has 124 valence electrons. The Kier molecular flexibility index (Phi) is 5.39. The van der Waals surface area contributed by atoms with Crippen molar-refractivity contribution in [3.05, 3.63) is 65.5 Å². The number of halogens is 1. The van der Waals surface area contributed by atoms with E-state index in [1.54, 1.807) is 13.3 Å². The van der Waals surface area contributed by atoms with Crippen LogP contribution in [0.15, 0.2) is 59.1 Å². The lowest BCUT2D eigenvalue weighted by Crippen LogP contribution is -2.00. The Bertz CT molecular complexity index is 783. The normalized spacial score (nSPS) is 10.6. The van der Waals surface area contributed by atoms with Crippen molar-refractivity contribution in [1.29, 1.82) is 0 Å². The molecule has 0 fully saturated rings. The first kappa shape index (κ1) is 16.4. The van der Waals surface area contributed by atoms with Gasteiger partial charge in [0.15, 0.2) is 11.5 Å². The second-order valence-corrected chi connectivity index (χ2v) is 5.68. The Morgan fingerprint density at radius 1 is 1.04 bits per heavy atom. The quantitative estimate of drug-likeness (QED) is 0.565. The molecule has 0 radical (unpaired) electrons. The second kappa shape index (κ2) is 7.88. The number of aryl methyl sites for hydroxylation is 1. The lowest BCUT2D eigenvalue weighted by Gasteiger charge is -2.09. The molecule has 0 aliphatic carbocycles. The molecule has 3 rings (SSSR count). The van der Waals surface area contributed by atoms with E-state index in [-0.39, 0.29) is 0 Å². The summed E-state index contributed by atoms with van der Waals surface area (Å²) in [6.45, 7) is 0.581. The van der Waals surface area contributed by atoms with Crippen molar-refractivity contribution in [2.45, 2.75) is 12.8 Å². The van der Waals surface area contributed by atoms with E-state index in [2.05, 4.69) is 4.98 Å². The molecule has 1 aromatic heterocycles. The van der Waals surface area contributed by atoms with Gasteiger partial charge in [-0.3, -0.25) is 0 Å². The van der Waals surface area contributed by atoms with Crippen LogP contribution in [0.2, 0.25) is 5.02 Å². The number of para-hydroxylation sites is 2. The third kappa shape index (κ3) is 4.09. The number of rotatable bonds is 7. The Balaban J connectivity index is 1.52. The first-order valence-corrected chi connectivity index (χ1v) is 8.10. The SMILES string of the molecule is COc1ccccc1OCCCc1cnc(-c2ccc(Cl)cc2)o1. The molecule has 5 heteroatoms. The fourth-order valence-corrected chi connectivity index (χ4v) is 2.44. The third-order valence-corrected chi connectivity index (χ3v) is 3.79. The summed E-state index contributed by atoms with van der Waals surface area (Å²) >= 11 is 5.89. The van der Waals surface area contributed by atoms with E-state index >= 15 is 0 Å². The van der Waals surface area contributed by atoms with Crippen molar-refractivity contribution in [2.24, 2.45) is 0 Å². The van der Waals surface area contributed by atoms with Crippen LogP contribution in [-0.2, 0) is 6.42 Å². The van der Waals surface area contributed by atoms with E-state index in [9.17, 15) is 0 Å².